The van der Waals surface area contributed by atoms with Crippen LogP contribution in [0.2, 0.25) is 0 Å². The van der Waals surface area contributed by atoms with Crippen molar-refractivity contribution in [3.63, 3.8) is 0 Å². The van der Waals surface area contributed by atoms with Crippen molar-refractivity contribution in [2.24, 2.45) is 4.99 Å². The number of methoxy groups -OCH3 is 1. The van der Waals surface area contributed by atoms with Crippen LogP contribution < -0.4 is 10.1 Å². The molecule has 2 aliphatic rings. The summed E-state index contributed by atoms with van der Waals surface area (Å²) in [6.07, 6.45) is 5.34. The number of hydrogen-bond donors (Lipinski definition) is 2. The zero-order valence-corrected chi connectivity index (χ0v) is 17.2. The molecule has 1 aliphatic heterocycles. The van der Waals surface area contributed by atoms with Crippen LogP contribution in [0.4, 0.5) is 5.69 Å². The summed E-state index contributed by atoms with van der Waals surface area (Å²) in [6.45, 7) is 2.24. The molecule has 1 saturated carbocycles. The number of carbonyl (C=O) groups excluding carboxylic acids is 1. The second kappa shape index (κ2) is 8.47. The lowest BCUT2D eigenvalue weighted by Crippen LogP contribution is -2.14. The van der Waals surface area contributed by atoms with Crippen molar-refractivity contribution in [2.75, 3.05) is 24.8 Å². The minimum Gasteiger partial charge on any atom is -0.497 e. The van der Waals surface area contributed by atoms with Gasteiger partial charge in [0.1, 0.15) is 10.8 Å². The van der Waals surface area contributed by atoms with Crippen molar-refractivity contribution >= 4 is 39.4 Å². The normalized spacial score (nSPS) is 19.8. The van der Waals surface area contributed by atoms with Gasteiger partial charge >= 0.3 is 5.97 Å². The smallest absolute Gasteiger partial charge is 0.307 e. The van der Waals surface area contributed by atoms with Gasteiger partial charge in [-0.05, 0) is 31.9 Å². The predicted molar refractivity (Wildman–Crippen MR) is 115 cm³/mol. The van der Waals surface area contributed by atoms with Gasteiger partial charge in [0, 0.05) is 23.2 Å². The Morgan fingerprint density at radius 3 is 2.89 bits per heavy atom. The molecule has 4 rings (SSSR count). The molecular weight excluding hydrogens is 374 g/mol. The van der Waals surface area contributed by atoms with Crippen LogP contribution in [-0.4, -0.2) is 47.6 Å². The van der Waals surface area contributed by atoms with Crippen LogP contribution in [0.3, 0.4) is 0 Å². The number of hydrogen-bond acceptors (Lipinski definition) is 6. The first-order chi connectivity index (χ1) is 13.7. The SMILES string of the molecule is CCOC(=O)C[C@@H]1CSC(c2cc3cc(OC)cc(NC4CCCC4)c3[nH]2)=N1. The molecular formula is C21H27N3O3S. The van der Waals surface area contributed by atoms with Crippen molar-refractivity contribution in [3.8, 4) is 5.75 Å². The average Bonchev–Trinajstić information content (AvgIpc) is 3.41. The Morgan fingerprint density at radius 2 is 2.14 bits per heavy atom. The van der Waals surface area contributed by atoms with E-state index in [1.807, 2.05) is 13.0 Å². The van der Waals surface area contributed by atoms with Gasteiger partial charge in [0.15, 0.2) is 0 Å². The highest BCUT2D eigenvalue weighted by molar-refractivity contribution is 8.14. The first-order valence-corrected chi connectivity index (χ1v) is 11.0. The molecule has 2 aromatic rings. The number of aromatic nitrogens is 1. The van der Waals surface area contributed by atoms with Gasteiger partial charge in [-0.3, -0.25) is 9.79 Å². The number of nitrogens with zero attached hydrogens (tertiary/aromatic N) is 1. The van der Waals surface area contributed by atoms with E-state index in [1.165, 1.54) is 25.7 Å². The highest BCUT2D eigenvalue weighted by atomic mass is 32.2. The molecule has 1 aliphatic carbocycles. The van der Waals surface area contributed by atoms with Crippen LogP contribution >= 0.6 is 11.8 Å². The van der Waals surface area contributed by atoms with Crippen LogP contribution in [0.15, 0.2) is 23.2 Å². The van der Waals surface area contributed by atoms with Crippen LogP contribution in [0, 0.1) is 0 Å². The van der Waals surface area contributed by atoms with E-state index >= 15 is 0 Å². The molecule has 28 heavy (non-hydrogen) atoms. The molecule has 1 aromatic heterocycles. The van der Waals surface area contributed by atoms with Crippen molar-refractivity contribution in [3.05, 3.63) is 23.9 Å². The summed E-state index contributed by atoms with van der Waals surface area (Å²) in [5.41, 5.74) is 3.16. The lowest BCUT2D eigenvalue weighted by atomic mass is 10.1. The Labute approximate surface area is 169 Å². The summed E-state index contributed by atoms with van der Waals surface area (Å²) in [5, 5.41) is 5.75. The van der Waals surface area contributed by atoms with Crippen molar-refractivity contribution < 1.29 is 14.3 Å². The maximum atomic E-state index is 11.7. The van der Waals surface area contributed by atoms with Crippen molar-refractivity contribution in [1.29, 1.82) is 0 Å². The molecule has 150 valence electrons. The molecule has 6 nitrogen and oxygen atoms in total. The summed E-state index contributed by atoms with van der Waals surface area (Å²) in [7, 11) is 1.70. The molecule has 0 radical (unpaired) electrons. The first kappa shape index (κ1) is 19.2. The molecule has 1 aromatic carbocycles. The van der Waals surface area contributed by atoms with Gasteiger partial charge < -0.3 is 19.8 Å². The molecule has 0 bridgehead atoms. The molecule has 1 fully saturated rings. The number of thioether (sulfide) groups is 1. The number of fused-ring (bicyclic) bond motifs is 1. The number of benzene rings is 1. The summed E-state index contributed by atoms with van der Waals surface area (Å²) < 4.78 is 10.6. The molecule has 2 N–H and O–H groups in total. The summed E-state index contributed by atoms with van der Waals surface area (Å²) in [5.74, 6) is 1.47. The van der Waals surface area contributed by atoms with Gasteiger partial charge in [-0.2, -0.15) is 0 Å². The van der Waals surface area contributed by atoms with Gasteiger partial charge in [-0.25, -0.2) is 0 Å². The number of esters is 1. The lowest BCUT2D eigenvalue weighted by Gasteiger charge is -2.15. The Balaban J connectivity index is 1.59. The second-order valence-electron chi connectivity index (χ2n) is 7.36. The summed E-state index contributed by atoms with van der Waals surface area (Å²) >= 11 is 1.69. The van der Waals surface area contributed by atoms with E-state index in [4.69, 9.17) is 14.5 Å². The summed E-state index contributed by atoms with van der Waals surface area (Å²) in [4.78, 5) is 20.0. The van der Waals surface area contributed by atoms with Crippen LogP contribution in [0.25, 0.3) is 10.9 Å². The van der Waals surface area contributed by atoms with Crippen LogP contribution in [0.5, 0.6) is 5.75 Å². The van der Waals surface area contributed by atoms with E-state index in [2.05, 4.69) is 22.4 Å². The first-order valence-electron chi connectivity index (χ1n) is 10.00. The fourth-order valence-corrected chi connectivity index (χ4v) is 4.96. The second-order valence-corrected chi connectivity index (χ2v) is 8.36. The summed E-state index contributed by atoms with van der Waals surface area (Å²) in [6, 6.07) is 6.74. The highest BCUT2D eigenvalue weighted by Gasteiger charge is 2.24. The van der Waals surface area contributed by atoms with Crippen LogP contribution in [0.1, 0.15) is 44.7 Å². The van der Waals surface area contributed by atoms with Crippen LogP contribution in [-0.2, 0) is 9.53 Å². The van der Waals surface area contributed by atoms with E-state index in [-0.39, 0.29) is 12.0 Å². The third kappa shape index (κ3) is 4.14. The highest BCUT2D eigenvalue weighted by Crippen LogP contribution is 2.34. The van der Waals surface area contributed by atoms with Crippen molar-refractivity contribution in [1.82, 2.24) is 4.98 Å². The Kier molecular flexibility index (Phi) is 5.80. The van der Waals surface area contributed by atoms with Crippen molar-refractivity contribution in [2.45, 2.75) is 51.1 Å². The minimum atomic E-state index is -0.178. The van der Waals surface area contributed by atoms with E-state index in [1.54, 1.807) is 18.9 Å². The number of ether oxygens (including phenoxy) is 2. The largest absolute Gasteiger partial charge is 0.497 e. The number of nitrogens with one attached hydrogen (secondary N) is 2. The number of rotatable bonds is 7. The van der Waals surface area contributed by atoms with Gasteiger partial charge in [-0.1, -0.05) is 12.8 Å². The van der Waals surface area contributed by atoms with Gasteiger partial charge in [-0.15, -0.1) is 11.8 Å². The van der Waals surface area contributed by atoms with E-state index in [9.17, 15) is 4.79 Å². The standard InChI is InChI=1S/C21H27N3O3S/c1-3-27-19(25)10-15-12-28-21(23-15)18-9-13-8-16(26-2)11-17(20(13)24-18)22-14-6-4-5-7-14/h8-9,11,14-15,22,24H,3-7,10,12H2,1-2H3/t15-/m1/s1. The topological polar surface area (TPSA) is 75.7 Å². The fraction of sp³-hybridized carbons (Fsp3) is 0.524. The maximum Gasteiger partial charge on any atom is 0.307 e. The number of carbonyl (C=O) groups is 1. The van der Waals surface area contributed by atoms with Gasteiger partial charge in [0.05, 0.1) is 43.1 Å². The van der Waals surface area contributed by atoms with E-state index < -0.39 is 0 Å². The third-order valence-electron chi connectivity index (χ3n) is 5.30. The number of aromatic amines is 1. The molecule has 0 amide bonds. The monoisotopic (exact) mass is 401 g/mol. The molecule has 0 spiro atoms. The lowest BCUT2D eigenvalue weighted by molar-refractivity contribution is -0.143. The molecule has 0 unspecified atom stereocenters. The molecule has 0 saturated heterocycles. The molecule has 7 heteroatoms. The predicted octanol–water partition coefficient (Wildman–Crippen LogP) is 4.35. The Bertz CT molecular complexity index is 886. The zero-order chi connectivity index (χ0) is 19.5. The number of anilines is 1. The minimum absolute atomic E-state index is 0.0175. The fourth-order valence-electron chi connectivity index (χ4n) is 3.93. The Hall–Kier alpha value is -2.15. The quantitative estimate of drug-likeness (QED) is 0.675. The van der Waals surface area contributed by atoms with E-state index in [0.717, 1.165) is 38.8 Å². The Morgan fingerprint density at radius 1 is 1.32 bits per heavy atom. The maximum absolute atomic E-state index is 11.7. The van der Waals surface area contributed by atoms with Gasteiger partial charge in [0.2, 0.25) is 0 Å². The van der Waals surface area contributed by atoms with Gasteiger partial charge in [0.25, 0.3) is 0 Å². The average molecular weight is 402 g/mol. The molecule has 2 heterocycles. The number of aliphatic imine (C=N–C) groups is 1. The number of H-pyrrole nitrogens is 1. The molecule has 1 atom stereocenters. The zero-order valence-electron chi connectivity index (χ0n) is 16.4. The third-order valence-corrected chi connectivity index (χ3v) is 6.45. The van der Waals surface area contributed by atoms with E-state index in [0.29, 0.717) is 19.1 Å².